The van der Waals surface area contributed by atoms with Gasteiger partial charge in [0.15, 0.2) is 0 Å². The molecule has 0 atom stereocenters. The van der Waals surface area contributed by atoms with E-state index in [1.807, 2.05) is 23.8 Å². The number of pyridine rings is 1. The Morgan fingerprint density at radius 3 is 2.75 bits per heavy atom. The second-order valence-electron chi connectivity index (χ2n) is 4.04. The number of imidazole rings is 1. The number of aryl methyl sites for hydroxylation is 1. The molecule has 6 nitrogen and oxygen atoms in total. The van der Waals surface area contributed by atoms with Gasteiger partial charge in [-0.05, 0) is 25.1 Å². The zero-order valence-corrected chi connectivity index (χ0v) is 11.5. The van der Waals surface area contributed by atoms with Crippen molar-refractivity contribution in [1.29, 1.82) is 0 Å². The molecule has 2 aromatic heterocycles. The summed E-state index contributed by atoms with van der Waals surface area (Å²) in [6, 6.07) is 3.64. The van der Waals surface area contributed by atoms with Crippen LogP contribution >= 0.6 is 0 Å². The molecular weight excluding hydrogens is 258 g/mol. The summed E-state index contributed by atoms with van der Waals surface area (Å²) in [6.07, 6.45) is 6.45. The number of carbonyl (C=O) groups excluding carboxylic acids is 1. The molecule has 2 heterocycles. The minimum atomic E-state index is -0.430. The summed E-state index contributed by atoms with van der Waals surface area (Å²) in [4.78, 5) is 19.5. The minimum Gasteiger partial charge on any atom is -0.479 e. The van der Waals surface area contributed by atoms with Crippen molar-refractivity contribution in [2.75, 3.05) is 14.2 Å². The summed E-state index contributed by atoms with van der Waals surface area (Å²) >= 11 is 0. The molecule has 0 saturated heterocycles. The molecule has 0 aliphatic rings. The second kappa shape index (κ2) is 6.01. The Bertz CT molecular complexity index is 647. The van der Waals surface area contributed by atoms with Gasteiger partial charge in [-0.1, -0.05) is 0 Å². The van der Waals surface area contributed by atoms with E-state index < -0.39 is 5.97 Å². The van der Waals surface area contributed by atoms with Crippen molar-refractivity contribution in [3.8, 4) is 11.6 Å². The first-order valence-corrected chi connectivity index (χ1v) is 5.96. The highest BCUT2D eigenvalue weighted by Gasteiger charge is 2.08. The van der Waals surface area contributed by atoms with E-state index in [1.54, 1.807) is 25.6 Å². The number of hydrogen-bond donors (Lipinski definition) is 0. The summed E-state index contributed by atoms with van der Waals surface area (Å²) in [5.41, 5.74) is 2.29. The average molecular weight is 273 g/mol. The number of rotatable bonds is 4. The van der Waals surface area contributed by atoms with Gasteiger partial charge in [-0.3, -0.25) is 0 Å². The van der Waals surface area contributed by atoms with Gasteiger partial charge in [-0.25, -0.2) is 14.8 Å². The van der Waals surface area contributed by atoms with Crippen LogP contribution in [-0.2, 0) is 9.53 Å². The van der Waals surface area contributed by atoms with Crippen molar-refractivity contribution in [3.05, 3.63) is 42.1 Å². The zero-order chi connectivity index (χ0) is 14.5. The Morgan fingerprint density at radius 1 is 1.35 bits per heavy atom. The lowest BCUT2D eigenvalue weighted by Gasteiger charge is -2.08. The van der Waals surface area contributed by atoms with Crippen LogP contribution in [0.25, 0.3) is 11.8 Å². The zero-order valence-electron chi connectivity index (χ0n) is 11.5. The molecule has 2 rings (SSSR count). The summed E-state index contributed by atoms with van der Waals surface area (Å²) in [5, 5.41) is 0. The van der Waals surface area contributed by atoms with Crippen LogP contribution in [0.3, 0.4) is 0 Å². The molecule has 20 heavy (non-hydrogen) atoms. The summed E-state index contributed by atoms with van der Waals surface area (Å²) in [6.45, 7) is 1.91. The predicted octanol–water partition coefficient (Wildman–Crippen LogP) is 1.77. The van der Waals surface area contributed by atoms with Gasteiger partial charge in [0.2, 0.25) is 5.88 Å². The molecule has 2 aromatic rings. The summed E-state index contributed by atoms with van der Waals surface area (Å²) in [5.74, 6) is 0.0227. The van der Waals surface area contributed by atoms with Crippen LogP contribution in [0.5, 0.6) is 5.88 Å². The molecule has 0 saturated carbocycles. The second-order valence-corrected chi connectivity index (χ2v) is 4.04. The van der Waals surface area contributed by atoms with E-state index in [4.69, 9.17) is 4.74 Å². The Morgan fingerprint density at radius 2 is 2.15 bits per heavy atom. The van der Waals surface area contributed by atoms with E-state index >= 15 is 0 Å². The highest BCUT2D eigenvalue weighted by Crippen LogP contribution is 2.21. The van der Waals surface area contributed by atoms with E-state index in [0.717, 1.165) is 11.4 Å². The number of hydrogen-bond acceptors (Lipinski definition) is 5. The molecule has 0 fully saturated rings. The maximum atomic E-state index is 11.1. The summed E-state index contributed by atoms with van der Waals surface area (Å²) < 4.78 is 11.6. The fourth-order valence-electron chi connectivity index (χ4n) is 1.66. The van der Waals surface area contributed by atoms with Gasteiger partial charge < -0.3 is 14.0 Å². The number of esters is 1. The maximum Gasteiger partial charge on any atom is 0.330 e. The number of nitrogens with zero attached hydrogens (tertiary/aromatic N) is 3. The molecule has 0 aliphatic heterocycles. The van der Waals surface area contributed by atoms with Gasteiger partial charge in [-0.2, -0.15) is 0 Å². The van der Waals surface area contributed by atoms with Crippen LogP contribution in [0.2, 0.25) is 0 Å². The number of methoxy groups -OCH3 is 2. The summed E-state index contributed by atoms with van der Waals surface area (Å²) in [7, 11) is 2.87. The molecule has 104 valence electrons. The first-order chi connectivity index (χ1) is 9.63. The van der Waals surface area contributed by atoms with Crippen molar-refractivity contribution in [1.82, 2.24) is 14.5 Å². The molecule has 0 aromatic carbocycles. The van der Waals surface area contributed by atoms with Crippen molar-refractivity contribution < 1.29 is 14.3 Å². The van der Waals surface area contributed by atoms with Crippen molar-refractivity contribution >= 4 is 12.0 Å². The Hall–Kier alpha value is -2.63. The van der Waals surface area contributed by atoms with E-state index in [2.05, 4.69) is 14.7 Å². The van der Waals surface area contributed by atoms with Gasteiger partial charge in [0.25, 0.3) is 0 Å². The van der Waals surface area contributed by atoms with Crippen LogP contribution in [0, 0.1) is 6.92 Å². The first kappa shape index (κ1) is 13.8. The highest BCUT2D eigenvalue weighted by molar-refractivity contribution is 5.86. The lowest BCUT2D eigenvalue weighted by Crippen LogP contribution is -1.99. The first-order valence-electron chi connectivity index (χ1n) is 5.96. The third kappa shape index (κ3) is 3.03. The van der Waals surface area contributed by atoms with E-state index in [0.29, 0.717) is 11.6 Å². The Labute approximate surface area is 116 Å². The van der Waals surface area contributed by atoms with E-state index in [9.17, 15) is 4.79 Å². The Kier molecular flexibility index (Phi) is 4.14. The third-order valence-electron chi connectivity index (χ3n) is 2.64. The molecule has 0 unspecified atom stereocenters. The van der Waals surface area contributed by atoms with E-state index in [1.165, 1.54) is 13.2 Å². The molecule has 0 N–H and O–H groups in total. The van der Waals surface area contributed by atoms with Crippen molar-refractivity contribution in [2.24, 2.45) is 0 Å². The van der Waals surface area contributed by atoms with Crippen LogP contribution in [0.15, 0.2) is 30.7 Å². The largest absolute Gasteiger partial charge is 0.479 e. The lowest BCUT2D eigenvalue weighted by molar-refractivity contribution is -0.134. The molecule has 0 aliphatic carbocycles. The number of aromatic nitrogens is 3. The van der Waals surface area contributed by atoms with Crippen molar-refractivity contribution in [3.63, 3.8) is 0 Å². The fourth-order valence-corrected chi connectivity index (χ4v) is 1.66. The third-order valence-corrected chi connectivity index (χ3v) is 2.64. The lowest BCUT2D eigenvalue weighted by atomic mass is 10.3. The standard InChI is InChI=1S/C14H15N3O3/c1-10-8-17(9-15-10)12-6-4-11(16-14(12)20-3)5-7-13(18)19-2/h4-9H,1-3H3/b7-5+. The molecule has 0 bridgehead atoms. The molecule has 0 spiro atoms. The van der Waals surface area contributed by atoms with Crippen LogP contribution in [0.4, 0.5) is 0 Å². The smallest absolute Gasteiger partial charge is 0.330 e. The SMILES string of the molecule is COC(=O)/C=C/c1ccc(-n2cnc(C)c2)c(OC)n1. The molecule has 6 heteroatoms. The van der Waals surface area contributed by atoms with Gasteiger partial charge in [0, 0.05) is 12.3 Å². The topological polar surface area (TPSA) is 66.2 Å². The minimum absolute atomic E-state index is 0.430. The molecule has 0 amide bonds. The predicted molar refractivity (Wildman–Crippen MR) is 73.7 cm³/mol. The fraction of sp³-hybridized carbons (Fsp3) is 0.214. The van der Waals surface area contributed by atoms with Gasteiger partial charge in [-0.15, -0.1) is 0 Å². The Balaban J connectivity index is 2.33. The monoisotopic (exact) mass is 273 g/mol. The van der Waals surface area contributed by atoms with Gasteiger partial charge in [0.1, 0.15) is 5.69 Å². The van der Waals surface area contributed by atoms with Crippen LogP contribution in [-0.4, -0.2) is 34.7 Å². The average Bonchev–Trinajstić information content (AvgIpc) is 2.90. The highest BCUT2D eigenvalue weighted by atomic mass is 16.5. The van der Waals surface area contributed by atoms with Gasteiger partial charge in [0.05, 0.1) is 31.9 Å². The maximum absolute atomic E-state index is 11.1. The van der Waals surface area contributed by atoms with Gasteiger partial charge >= 0.3 is 5.97 Å². The van der Waals surface area contributed by atoms with Crippen LogP contribution in [0.1, 0.15) is 11.4 Å². The normalized spacial score (nSPS) is 10.8. The van der Waals surface area contributed by atoms with Crippen molar-refractivity contribution in [2.45, 2.75) is 6.92 Å². The van der Waals surface area contributed by atoms with Crippen LogP contribution < -0.4 is 4.74 Å². The molecule has 0 radical (unpaired) electrons. The molecular formula is C14H15N3O3. The number of carbonyl (C=O) groups is 1. The van der Waals surface area contributed by atoms with E-state index in [-0.39, 0.29) is 0 Å². The number of ether oxygens (including phenoxy) is 2. The quantitative estimate of drug-likeness (QED) is 0.627.